The summed E-state index contributed by atoms with van der Waals surface area (Å²) in [7, 11) is 0. The van der Waals surface area contributed by atoms with Gasteiger partial charge in [0.15, 0.2) is 11.6 Å². The SMILES string of the molecule is CCCCCCSc1c(Cl)c2c(c(Cl)c1SCCCCCC)C(=O)c1c(O)ccc(O)c1C2=O. The molecular formula is C26H30Cl2O4S2. The highest BCUT2D eigenvalue weighted by molar-refractivity contribution is 8.02. The minimum Gasteiger partial charge on any atom is -0.507 e. The maximum absolute atomic E-state index is 13.4. The van der Waals surface area contributed by atoms with E-state index in [0.717, 1.165) is 62.9 Å². The van der Waals surface area contributed by atoms with Crippen LogP contribution >= 0.6 is 46.7 Å². The zero-order valence-electron chi connectivity index (χ0n) is 19.5. The molecule has 8 heteroatoms. The van der Waals surface area contributed by atoms with Crippen LogP contribution in [0, 0.1) is 0 Å². The number of aromatic hydroxyl groups is 2. The van der Waals surface area contributed by atoms with E-state index in [1.807, 2.05) is 0 Å². The van der Waals surface area contributed by atoms with Crippen LogP contribution in [-0.4, -0.2) is 33.3 Å². The third-order valence-electron chi connectivity index (χ3n) is 5.85. The molecule has 0 amide bonds. The molecule has 0 heterocycles. The third-order valence-corrected chi connectivity index (χ3v) is 9.34. The lowest BCUT2D eigenvalue weighted by Crippen LogP contribution is -2.23. The van der Waals surface area contributed by atoms with Crippen LogP contribution in [-0.2, 0) is 0 Å². The van der Waals surface area contributed by atoms with Crippen LogP contribution in [0.15, 0.2) is 21.9 Å². The first-order chi connectivity index (χ1) is 16.3. The van der Waals surface area contributed by atoms with E-state index in [2.05, 4.69) is 13.8 Å². The summed E-state index contributed by atoms with van der Waals surface area (Å²) in [6.07, 6.45) is 8.83. The van der Waals surface area contributed by atoms with Gasteiger partial charge in [-0.05, 0) is 36.5 Å². The summed E-state index contributed by atoms with van der Waals surface area (Å²) in [5.41, 5.74) is -0.434. The number of ketones is 2. The Bertz CT molecular complexity index is 1000. The Balaban J connectivity index is 2.07. The third kappa shape index (κ3) is 5.56. The summed E-state index contributed by atoms with van der Waals surface area (Å²) >= 11 is 16.7. The lowest BCUT2D eigenvalue weighted by molar-refractivity contribution is 0.0974. The van der Waals surface area contributed by atoms with Crippen LogP contribution in [0.5, 0.6) is 11.5 Å². The molecule has 1 aliphatic rings. The molecule has 2 aromatic carbocycles. The highest BCUT2D eigenvalue weighted by Crippen LogP contribution is 2.50. The quantitative estimate of drug-likeness (QED) is 0.136. The van der Waals surface area contributed by atoms with Gasteiger partial charge in [0, 0.05) is 9.79 Å². The van der Waals surface area contributed by atoms with Gasteiger partial charge in [0.05, 0.1) is 32.3 Å². The Morgan fingerprint density at radius 3 is 1.38 bits per heavy atom. The topological polar surface area (TPSA) is 74.6 Å². The van der Waals surface area contributed by atoms with Crippen molar-refractivity contribution >= 4 is 58.3 Å². The molecule has 0 aliphatic heterocycles. The summed E-state index contributed by atoms with van der Waals surface area (Å²) < 4.78 is 0. The van der Waals surface area contributed by atoms with E-state index in [4.69, 9.17) is 23.2 Å². The standard InChI is InChI=1S/C26H30Cl2O4S2/c1-3-5-7-9-13-33-25-21(27)19-20(22(28)26(25)34-14-10-8-6-4-2)24(32)18-16(30)12-11-15(29)17(18)23(19)31/h11-12,29-30H,3-10,13-14H2,1-2H3. The van der Waals surface area contributed by atoms with E-state index in [1.165, 1.54) is 12.1 Å². The van der Waals surface area contributed by atoms with Crippen molar-refractivity contribution in [2.24, 2.45) is 0 Å². The molecule has 184 valence electrons. The van der Waals surface area contributed by atoms with Crippen LogP contribution in [0.3, 0.4) is 0 Å². The first kappa shape index (κ1) is 27.3. The molecule has 0 fully saturated rings. The summed E-state index contributed by atoms with van der Waals surface area (Å²) in [4.78, 5) is 28.3. The molecule has 0 atom stereocenters. The van der Waals surface area contributed by atoms with Crippen molar-refractivity contribution in [2.75, 3.05) is 11.5 Å². The van der Waals surface area contributed by atoms with E-state index in [1.54, 1.807) is 23.5 Å². The Labute approximate surface area is 219 Å². The van der Waals surface area contributed by atoms with E-state index in [9.17, 15) is 19.8 Å². The molecule has 2 aromatic rings. The number of halogens is 2. The Morgan fingerprint density at radius 2 is 1.03 bits per heavy atom. The number of rotatable bonds is 12. The van der Waals surface area contributed by atoms with Gasteiger partial charge in [-0.3, -0.25) is 9.59 Å². The van der Waals surface area contributed by atoms with Crippen LogP contribution < -0.4 is 0 Å². The lowest BCUT2D eigenvalue weighted by Gasteiger charge is -2.25. The van der Waals surface area contributed by atoms with Crippen LogP contribution in [0.25, 0.3) is 0 Å². The molecule has 0 aromatic heterocycles. The van der Waals surface area contributed by atoms with Gasteiger partial charge in [-0.15, -0.1) is 23.5 Å². The second-order valence-corrected chi connectivity index (χ2v) is 11.3. The lowest BCUT2D eigenvalue weighted by atomic mass is 9.83. The van der Waals surface area contributed by atoms with Crippen LogP contribution in [0.1, 0.15) is 97.1 Å². The number of fused-ring (bicyclic) bond motifs is 2. The van der Waals surface area contributed by atoms with E-state index in [0.29, 0.717) is 9.79 Å². The number of thioether (sulfide) groups is 2. The Morgan fingerprint density at radius 1 is 0.647 bits per heavy atom. The summed E-state index contributed by atoms with van der Waals surface area (Å²) in [5.74, 6) is -0.292. The van der Waals surface area contributed by atoms with E-state index in [-0.39, 0.29) is 43.8 Å². The number of hydrogen-bond donors (Lipinski definition) is 2. The van der Waals surface area contributed by atoms with E-state index >= 15 is 0 Å². The molecule has 3 rings (SSSR count). The monoisotopic (exact) mass is 540 g/mol. The van der Waals surface area contributed by atoms with Gasteiger partial charge in [-0.25, -0.2) is 0 Å². The fraction of sp³-hybridized carbons (Fsp3) is 0.462. The van der Waals surface area contributed by atoms with Gasteiger partial charge in [-0.2, -0.15) is 0 Å². The average Bonchev–Trinajstić information content (AvgIpc) is 2.81. The van der Waals surface area contributed by atoms with E-state index < -0.39 is 11.6 Å². The zero-order valence-corrected chi connectivity index (χ0v) is 22.7. The highest BCUT2D eigenvalue weighted by atomic mass is 35.5. The Hall–Kier alpha value is -1.34. The number of carbonyl (C=O) groups is 2. The maximum Gasteiger partial charge on any atom is 0.199 e. The number of phenolic OH excluding ortho intramolecular Hbond substituents is 2. The summed E-state index contributed by atoms with van der Waals surface area (Å²) in [5, 5.41) is 21.0. The molecule has 0 saturated carbocycles. The summed E-state index contributed by atoms with van der Waals surface area (Å²) in [6, 6.07) is 2.40. The minimum atomic E-state index is -0.600. The van der Waals surface area contributed by atoms with Gasteiger partial charge in [0.1, 0.15) is 11.5 Å². The number of unbranched alkanes of at least 4 members (excludes halogenated alkanes) is 6. The number of hydrogen-bond acceptors (Lipinski definition) is 6. The van der Waals surface area contributed by atoms with Crippen molar-refractivity contribution in [2.45, 2.75) is 75.0 Å². The molecule has 2 N–H and O–H groups in total. The van der Waals surface area contributed by atoms with Gasteiger partial charge in [0.2, 0.25) is 0 Å². The fourth-order valence-electron chi connectivity index (χ4n) is 4.03. The summed E-state index contributed by atoms with van der Waals surface area (Å²) in [6.45, 7) is 4.32. The maximum atomic E-state index is 13.4. The number of phenols is 2. The van der Waals surface area contributed by atoms with Crippen molar-refractivity contribution in [3.8, 4) is 11.5 Å². The van der Waals surface area contributed by atoms with Crippen molar-refractivity contribution in [1.29, 1.82) is 0 Å². The predicted octanol–water partition coefficient (Wildman–Crippen LogP) is 8.52. The van der Waals surface area contributed by atoms with Crippen molar-refractivity contribution in [3.63, 3.8) is 0 Å². The molecule has 0 saturated heterocycles. The first-order valence-electron chi connectivity index (χ1n) is 11.8. The minimum absolute atomic E-state index is 0.0106. The van der Waals surface area contributed by atoms with Gasteiger partial charge in [-0.1, -0.05) is 75.6 Å². The molecular weight excluding hydrogens is 511 g/mol. The largest absolute Gasteiger partial charge is 0.507 e. The second kappa shape index (κ2) is 12.6. The van der Waals surface area contributed by atoms with Gasteiger partial charge < -0.3 is 10.2 Å². The van der Waals surface area contributed by atoms with Crippen LogP contribution in [0.4, 0.5) is 0 Å². The predicted molar refractivity (Wildman–Crippen MR) is 143 cm³/mol. The Kier molecular flexibility index (Phi) is 10.1. The molecule has 0 unspecified atom stereocenters. The van der Waals surface area contributed by atoms with Gasteiger partial charge in [0.25, 0.3) is 0 Å². The smallest absolute Gasteiger partial charge is 0.199 e. The number of benzene rings is 2. The molecule has 4 nitrogen and oxygen atoms in total. The zero-order chi connectivity index (χ0) is 24.8. The molecule has 0 spiro atoms. The highest BCUT2D eigenvalue weighted by Gasteiger charge is 2.39. The van der Waals surface area contributed by atoms with Crippen molar-refractivity contribution in [3.05, 3.63) is 44.4 Å². The van der Waals surface area contributed by atoms with Crippen LogP contribution in [0.2, 0.25) is 10.0 Å². The molecule has 0 radical (unpaired) electrons. The molecule has 0 bridgehead atoms. The molecule has 1 aliphatic carbocycles. The second-order valence-electron chi connectivity index (χ2n) is 8.37. The number of carbonyl (C=O) groups excluding carboxylic acids is 2. The normalized spacial score (nSPS) is 12.7. The fourth-order valence-corrected chi connectivity index (χ4v) is 7.40. The van der Waals surface area contributed by atoms with Gasteiger partial charge >= 0.3 is 0 Å². The first-order valence-corrected chi connectivity index (χ1v) is 14.5. The van der Waals surface area contributed by atoms with Crippen molar-refractivity contribution in [1.82, 2.24) is 0 Å². The average molecular weight is 542 g/mol. The molecule has 34 heavy (non-hydrogen) atoms. The van der Waals surface area contributed by atoms with Crippen molar-refractivity contribution < 1.29 is 19.8 Å².